The lowest BCUT2D eigenvalue weighted by molar-refractivity contribution is 0.0687. The predicted octanol–water partition coefficient (Wildman–Crippen LogP) is 3.56. The van der Waals surface area contributed by atoms with Crippen LogP contribution in [0.25, 0.3) is 0 Å². The fraction of sp³-hybridized carbons (Fsp3) is 0.429. The summed E-state index contributed by atoms with van der Waals surface area (Å²) in [6.45, 7) is 6.83. The molecule has 0 saturated carbocycles. The summed E-state index contributed by atoms with van der Waals surface area (Å²) in [6, 6.07) is 10.2. The van der Waals surface area contributed by atoms with Crippen LogP contribution in [0.1, 0.15) is 51.0 Å². The average molecular weight is 356 g/mol. The average Bonchev–Trinajstić information content (AvgIpc) is 2.92. The number of nitrogens with one attached hydrogen (secondary N) is 1. The van der Waals surface area contributed by atoms with Crippen molar-refractivity contribution in [2.75, 3.05) is 26.8 Å². The number of hydrogen-bond donors (Lipinski definition) is 1. The van der Waals surface area contributed by atoms with E-state index >= 15 is 0 Å². The largest absolute Gasteiger partial charge is 0.383 e. The first-order valence-electron chi connectivity index (χ1n) is 8.98. The van der Waals surface area contributed by atoms with E-state index in [0.717, 1.165) is 24.1 Å². The number of aromatic amines is 1. The van der Waals surface area contributed by atoms with Crippen LogP contribution in [0.4, 0.5) is 0 Å². The monoisotopic (exact) mass is 356 g/mol. The van der Waals surface area contributed by atoms with Crippen LogP contribution >= 0.6 is 0 Å². The molecule has 2 aromatic rings. The van der Waals surface area contributed by atoms with E-state index in [9.17, 15) is 9.59 Å². The maximum absolute atomic E-state index is 13.0. The molecule has 1 aromatic carbocycles. The van der Waals surface area contributed by atoms with E-state index in [0.29, 0.717) is 31.0 Å². The molecular formula is C21H28N2O3. The van der Waals surface area contributed by atoms with Gasteiger partial charge in [-0.25, -0.2) is 0 Å². The Bertz CT molecular complexity index is 750. The number of methoxy groups -OCH3 is 1. The highest BCUT2D eigenvalue weighted by Crippen LogP contribution is 2.20. The lowest BCUT2D eigenvalue weighted by Crippen LogP contribution is -2.35. The topological polar surface area (TPSA) is 62.4 Å². The van der Waals surface area contributed by atoms with Gasteiger partial charge in [0.1, 0.15) is 5.69 Å². The maximum Gasteiger partial charge on any atom is 0.270 e. The van der Waals surface area contributed by atoms with Gasteiger partial charge in [0.15, 0.2) is 5.78 Å². The summed E-state index contributed by atoms with van der Waals surface area (Å²) in [5.41, 5.74) is 3.85. The third-order valence-corrected chi connectivity index (χ3v) is 4.59. The minimum absolute atomic E-state index is 0.0252. The molecule has 1 heterocycles. The van der Waals surface area contributed by atoms with E-state index in [4.69, 9.17) is 4.74 Å². The van der Waals surface area contributed by atoms with Crippen LogP contribution in [0.3, 0.4) is 0 Å². The van der Waals surface area contributed by atoms with Gasteiger partial charge in [0.05, 0.1) is 6.61 Å². The van der Waals surface area contributed by atoms with Gasteiger partial charge in [-0.1, -0.05) is 30.3 Å². The van der Waals surface area contributed by atoms with E-state index in [1.165, 1.54) is 12.5 Å². The Kier molecular flexibility index (Phi) is 7.16. The molecule has 0 atom stereocenters. The molecule has 140 valence electrons. The van der Waals surface area contributed by atoms with Gasteiger partial charge < -0.3 is 14.6 Å². The second kappa shape index (κ2) is 9.34. The number of ether oxygens (including phenoxy) is 1. The quantitative estimate of drug-likeness (QED) is 0.699. The third kappa shape index (κ3) is 4.82. The number of amides is 1. The van der Waals surface area contributed by atoms with E-state index in [1.807, 2.05) is 32.0 Å². The molecule has 26 heavy (non-hydrogen) atoms. The number of carbonyl (C=O) groups excluding carboxylic acids is 2. The number of aryl methyl sites for hydroxylation is 2. The van der Waals surface area contributed by atoms with Crippen molar-refractivity contribution in [2.45, 2.75) is 33.6 Å². The first-order chi connectivity index (χ1) is 12.5. The molecule has 1 aromatic heterocycles. The van der Waals surface area contributed by atoms with Gasteiger partial charge in [0, 0.05) is 31.5 Å². The van der Waals surface area contributed by atoms with Gasteiger partial charge in [-0.05, 0) is 44.7 Å². The molecule has 0 saturated heterocycles. The Labute approximate surface area is 155 Å². The lowest BCUT2D eigenvalue weighted by atomic mass is 10.1. The number of nitrogens with zero attached hydrogens (tertiary/aromatic N) is 1. The zero-order valence-corrected chi connectivity index (χ0v) is 16.1. The van der Waals surface area contributed by atoms with Crippen LogP contribution in [0.5, 0.6) is 0 Å². The fourth-order valence-corrected chi connectivity index (χ4v) is 3.29. The lowest BCUT2D eigenvalue weighted by Gasteiger charge is -2.22. The fourth-order valence-electron chi connectivity index (χ4n) is 3.29. The highest BCUT2D eigenvalue weighted by molar-refractivity contribution is 6.02. The van der Waals surface area contributed by atoms with Crippen molar-refractivity contribution in [3.8, 4) is 0 Å². The van der Waals surface area contributed by atoms with Crippen LogP contribution < -0.4 is 0 Å². The summed E-state index contributed by atoms with van der Waals surface area (Å²) in [4.78, 5) is 29.8. The van der Waals surface area contributed by atoms with Crippen LogP contribution in [-0.4, -0.2) is 48.4 Å². The molecule has 0 fully saturated rings. The molecule has 0 spiro atoms. The Hall–Kier alpha value is -2.40. The molecule has 1 amide bonds. The van der Waals surface area contributed by atoms with Crippen LogP contribution in [0.2, 0.25) is 0 Å². The number of benzene rings is 1. The normalized spacial score (nSPS) is 10.8. The third-order valence-electron chi connectivity index (χ3n) is 4.59. The number of carbonyl (C=O) groups is 2. The van der Waals surface area contributed by atoms with E-state index in [2.05, 4.69) is 17.1 Å². The molecule has 5 nitrogen and oxygen atoms in total. The van der Waals surface area contributed by atoms with Crippen molar-refractivity contribution < 1.29 is 14.3 Å². The van der Waals surface area contributed by atoms with E-state index in [-0.39, 0.29) is 11.7 Å². The minimum atomic E-state index is -0.0804. The second-order valence-electron chi connectivity index (χ2n) is 6.56. The van der Waals surface area contributed by atoms with Crippen molar-refractivity contribution in [3.63, 3.8) is 0 Å². The van der Waals surface area contributed by atoms with Crippen molar-refractivity contribution >= 4 is 11.7 Å². The van der Waals surface area contributed by atoms with Crippen LogP contribution in [0.15, 0.2) is 30.3 Å². The van der Waals surface area contributed by atoms with Gasteiger partial charge >= 0.3 is 0 Å². The Morgan fingerprint density at radius 3 is 2.38 bits per heavy atom. The standard InChI is InChI=1S/C21H28N2O3/c1-15-19(17(3)24)16(2)22-20(15)21(25)23(13-14-26-4)12-8-11-18-9-6-5-7-10-18/h5-7,9-10,22H,8,11-14H2,1-4H3. The van der Waals surface area contributed by atoms with Gasteiger partial charge in [-0.2, -0.15) is 0 Å². The highest BCUT2D eigenvalue weighted by atomic mass is 16.5. The number of ketones is 1. The molecule has 0 unspecified atom stereocenters. The van der Waals surface area contributed by atoms with Gasteiger partial charge in [-0.15, -0.1) is 0 Å². The van der Waals surface area contributed by atoms with Crippen LogP contribution in [-0.2, 0) is 11.2 Å². The van der Waals surface area contributed by atoms with Crippen molar-refractivity contribution in [2.24, 2.45) is 0 Å². The molecule has 0 bridgehead atoms. The summed E-state index contributed by atoms with van der Waals surface area (Å²) in [6.07, 6.45) is 1.79. The molecule has 0 aliphatic heterocycles. The van der Waals surface area contributed by atoms with Gasteiger partial charge in [0.25, 0.3) is 5.91 Å². The Morgan fingerprint density at radius 1 is 1.12 bits per heavy atom. The molecular weight excluding hydrogens is 328 g/mol. The number of H-pyrrole nitrogens is 1. The summed E-state index contributed by atoms with van der Waals surface area (Å²) < 4.78 is 5.16. The predicted molar refractivity (Wildman–Crippen MR) is 103 cm³/mol. The maximum atomic E-state index is 13.0. The number of rotatable bonds is 9. The summed E-state index contributed by atoms with van der Waals surface area (Å²) in [5.74, 6) is -0.106. The number of hydrogen-bond acceptors (Lipinski definition) is 3. The first kappa shape index (κ1) is 19.9. The number of Topliss-reactive ketones (excluding diaryl/α,β-unsaturated/α-hetero) is 1. The van der Waals surface area contributed by atoms with Crippen LogP contribution in [0, 0.1) is 13.8 Å². The second-order valence-corrected chi connectivity index (χ2v) is 6.56. The van der Waals surface area contributed by atoms with Crippen molar-refractivity contribution in [3.05, 3.63) is 58.4 Å². The molecule has 0 radical (unpaired) electrons. The van der Waals surface area contributed by atoms with Crippen molar-refractivity contribution in [1.29, 1.82) is 0 Å². The first-order valence-corrected chi connectivity index (χ1v) is 8.98. The van der Waals surface area contributed by atoms with Crippen molar-refractivity contribution in [1.82, 2.24) is 9.88 Å². The molecule has 0 aliphatic carbocycles. The molecule has 0 aliphatic rings. The number of aromatic nitrogens is 1. The zero-order valence-electron chi connectivity index (χ0n) is 16.1. The van der Waals surface area contributed by atoms with E-state index < -0.39 is 0 Å². The highest BCUT2D eigenvalue weighted by Gasteiger charge is 2.23. The summed E-state index contributed by atoms with van der Waals surface area (Å²) in [7, 11) is 1.63. The Morgan fingerprint density at radius 2 is 1.81 bits per heavy atom. The minimum Gasteiger partial charge on any atom is -0.383 e. The summed E-state index contributed by atoms with van der Waals surface area (Å²) in [5, 5.41) is 0. The molecule has 5 heteroatoms. The molecule has 1 N–H and O–H groups in total. The van der Waals surface area contributed by atoms with Gasteiger partial charge in [0.2, 0.25) is 0 Å². The smallest absolute Gasteiger partial charge is 0.270 e. The summed E-state index contributed by atoms with van der Waals surface area (Å²) >= 11 is 0. The van der Waals surface area contributed by atoms with E-state index in [1.54, 1.807) is 12.0 Å². The Balaban J connectivity index is 2.11. The zero-order chi connectivity index (χ0) is 19.1. The molecule has 2 rings (SSSR count). The van der Waals surface area contributed by atoms with Gasteiger partial charge in [-0.3, -0.25) is 9.59 Å². The SMILES string of the molecule is COCCN(CCCc1ccccc1)C(=O)c1[nH]c(C)c(C(C)=O)c1C.